The summed E-state index contributed by atoms with van der Waals surface area (Å²) in [4.78, 5) is 11.1. The van der Waals surface area contributed by atoms with Crippen LogP contribution in [-0.4, -0.2) is 17.1 Å². The summed E-state index contributed by atoms with van der Waals surface area (Å²) in [6.07, 6.45) is 4.99. The number of nitrogens with zero attached hydrogens (tertiary/aromatic N) is 1. The minimum Gasteiger partial charge on any atom is -0.463 e. The standard InChI is InChI=1S/C14H14FNO2/c1-2-18-14(17)4-3-8-16-9-7-11-10-12(15)5-6-13(11)16/h3-7,9-10H,2,8H2,1H3/b4-3+. The van der Waals surface area contributed by atoms with Crippen LogP contribution in [0.3, 0.4) is 0 Å². The number of hydrogen-bond donors (Lipinski definition) is 0. The van der Waals surface area contributed by atoms with Crippen molar-refractivity contribution >= 4 is 16.9 Å². The lowest BCUT2D eigenvalue weighted by molar-refractivity contribution is -0.137. The first-order chi connectivity index (χ1) is 8.70. The lowest BCUT2D eigenvalue weighted by atomic mass is 10.2. The summed E-state index contributed by atoms with van der Waals surface area (Å²) in [7, 11) is 0. The van der Waals surface area contributed by atoms with Crippen molar-refractivity contribution in [1.82, 2.24) is 4.57 Å². The number of carbonyl (C=O) groups is 1. The minimum atomic E-state index is -0.347. The molecule has 2 aromatic rings. The molecule has 0 amide bonds. The third-order valence-electron chi connectivity index (χ3n) is 2.58. The van der Waals surface area contributed by atoms with Crippen LogP contribution >= 0.6 is 0 Å². The maximum absolute atomic E-state index is 13.0. The number of benzene rings is 1. The molecule has 94 valence electrons. The molecule has 0 saturated heterocycles. The van der Waals surface area contributed by atoms with E-state index in [0.717, 1.165) is 10.9 Å². The van der Waals surface area contributed by atoms with Crippen molar-refractivity contribution in [2.24, 2.45) is 0 Å². The van der Waals surface area contributed by atoms with E-state index >= 15 is 0 Å². The van der Waals surface area contributed by atoms with Gasteiger partial charge in [-0.25, -0.2) is 9.18 Å². The molecule has 4 heteroatoms. The van der Waals surface area contributed by atoms with Gasteiger partial charge >= 0.3 is 5.97 Å². The first-order valence-electron chi connectivity index (χ1n) is 5.78. The van der Waals surface area contributed by atoms with E-state index in [4.69, 9.17) is 4.74 Å². The van der Waals surface area contributed by atoms with E-state index in [-0.39, 0.29) is 11.8 Å². The van der Waals surface area contributed by atoms with Gasteiger partial charge in [0.05, 0.1) is 6.61 Å². The zero-order valence-corrected chi connectivity index (χ0v) is 10.1. The lowest BCUT2D eigenvalue weighted by Gasteiger charge is -2.01. The molecular weight excluding hydrogens is 233 g/mol. The second kappa shape index (κ2) is 5.49. The molecule has 18 heavy (non-hydrogen) atoms. The van der Waals surface area contributed by atoms with E-state index in [9.17, 15) is 9.18 Å². The fraction of sp³-hybridized carbons (Fsp3) is 0.214. The highest BCUT2D eigenvalue weighted by Crippen LogP contribution is 2.16. The molecule has 0 bridgehead atoms. The smallest absolute Gasteiger partial charge is 0.330 e. The van der Waals surface area contributed by atoms with Gasteiger partial charge in [-0.1, -0.05) is 6.08 Å². The van der Waals surface area contributed by atoms with Gasteiger partial charge in [0.15, 0.2) is 0 Å². The van der Waals surface area contributed by atoms with Crippen LogP contribution in [0.15, 0.2) is 42.6 Å². The van der Waals surface area contributed by atoms with Crippen molar-refractivity contribution in [2.45, 2.75) is 13.5 Å². The molecule has 1 aromatic heterocycles. The Bertz CT molecular complexity index is 586. The molecule has 3 nitrogen and oxygen atoms in total. The summed E-state index contributed by atoms with van der Waals surface area (Å²) >= 11 is 0. The summed E-state index contributed by atoms with van der Waals surface area (Å²) in [5.41, 5.74) is 0.935. The van der Waals surface area contributed by atoms with Gasteiger partial charge in [-0.15, -0.1) is 0 Å². The van der Waals surface area contributed by atoms with Crippen LogP contribution in [0.2, 0.25) is 0 Å². The van der Waals surface area contributed by atoms with E-state index in [2.05, 4.69) is 0 Å². The highest BCUT2D eigenvalue weighted by molar-refractivity contribution is 5.82. The van der Waals surface area contributed by atoms with Crippen LogP contribution < -0.4 is 0 Å². The van der Waals surface area contributed by atoms with E-state index in [1.54, 1.807) is 19.1 Å². The molecule has 0 aliphatic heterocycles. The Kier molecular flexibility index (Phi) is 3.77. The maximum atomic E-state index is 13.0. The van der Waals surface area contributed by atoms with Gasteiger partial charge in [-0.3, -0.25) is 0 Å². The van der Waals surface area contributed by atoms with Crippen molar-refractivity contribution in [1.29, 1.82) is 0 Å². The number of esters is 1. The zero-order chi connectivity index (χ0) is 13.0. The molecule has 1 aromatic carbocycles. The number of ether oxygens (including phenoxy) is 1. The zero-order valence-electron chi connectivity index (χ0n) is 10.1. The SMILES string of the molecule is CCOC(=O)/C=C/Cn1ccc2cc(F)ccc21. The molecule has 0 N–H and O–H groups in total. The molecule has 1 heterocycles. The maximum Gasteiger partial charge on any atom is 0.330 e. The summed E-state index contributed by atoms with van der Waals surface area (Å²) in [5.74, 6) is -0.595. The Hall–Kier alpha value is -2.10. The van der Waals surface area contributed by atoms with E-state index in [1.165, 1.54) is 18.2 Å². The number of hydrogen-bond acceptors (Lipinski definition) is 2. The Balaban J connectivity index is 2.10. The molecule has 0 spiro atoms. The van der Waals surface area contributed by atoms with Gasteiger partial charge in [0.25, 0.3) is 0 Å². The van der Waals surface area contributed by atoms with Gasteiger partial charge in [-0.2, -0.15) is 0 Å². The number of fused-ring (bicyclic) bond motifs is 1. The normalized spacial score (nSPS) is 11.2. The number of allylic oxidation sites excluding steroid dienone is 1. The third kappa shape index (κ3) is 2.77. The third-order valence-corrected chi connectivity index (χ3v) is 2.58. The Morgan fingerprint density at radius 3 is 3.06 bits per heavy atom. The molecule has 2 rings (SSSR count). The summed E-state index contributed by atoms with van der Waals surface area (Å²) in [5, 5.41) is 0.847. The van der Waals surface area contributed by atoms with Crippen LogP contribution in [0.25, 0.3) is 10.9 Å². The molecule has 0 fully saturated rings. The molecule has 0 aliphatic carbocycles. The monoisotopic (exact) mass is 247 g/mol. The summed E-state index contributed by atoms with van der Waals surface area (Å²) in [6.45, 7) is 2.68. The van der Waals surface area contributed by atoms with Crippen LogP contribution in [0.1, 0.15) is 6.92 Å². The topological polar surface area (TPSA) is 31.2 Å². The highest BCUT2D eigenvalue weighted by Gasteiger charge is 2.01. The van der Waals surface area contributed by atoms with Gasteiger partial charge in [0, 0.05) is 29.7 Å². The lowest BCUT2D eigenvalue weighted by Crippen LogP contribution is -2.00. The van der Waals surface area contributed by atoms with Crippen molar-refractivity contribution in [3.63, 3.8) is 0 Å². The Morgan fingerprint density at radius 1 is 1.44 bits per heavy atom. The van der Waals surface area contributed by atoms with Crippen LogP contribution in [0, 0.1) is 5.82 Å². The minimum absolute atomic E-state index is 0.248. The number of halogens is 1. The first kappa shape index (κ1) is 12.4. The molecule has 0 atom stereocenters. The number of rotatable bonds is 4. The van der Waals surface area contributed by atoms with Gasteiger partial charge in [0.1, 0.15) is 5.82 Å². The highest BCUT2D eigenvalue weighted by atomic mass is 19.1. The largest absolute Gasteiger partial charge is 0.463 e. The Morgan fingerprint density at radius 2 is 2.28 bits per heavy atom. The fourth-order valence-corrected chi connectivity index (χ4v) is 1.78. The first-order valence-corrected chi connectivity index (χ1v) is 5.78. The predicted molar refractivity (Wildman–Crippen MR) is 67.7 cm³/mol. The van der Waals surface area contributed by atoms with Crippen LogP contribution in [-0.2, 0) is 16.1 Å². The van der Waals surface area contributed by atoms with Crippen molar-refractivity contribution in [3.05, 3.63) is 48.4 Å². The van der Waals surface area contributed by atoms with Gasteiger partial charge < -0.3 is 9.30 Å². The average Bonchev–Trinajstić information content (AvgIpc) is 2.72. The quantitative estimate of drug-likeness (QED) is 0.614. The Labute approximate surface area is 104 Å². The number of aromatic nitrogens is 1. The van der Waals surface area contributed by atoms with Gasteiger partial charge in [-0.05, 0) is 31.2 Å². The second-order valence-electron chi connectivity index (χ2n) is 3.83. The molecule has 0 radical (unpaired) electrons. The van der Waals surface area contributed by atoms with Gasteiger partial charge in [0.2, 0.25) is 0 Å². The number of carbonyl (C=O) groups excluding carboxylic acids is 1. The van der Waals surface area contributed by atoms with Crippen molar-refractivity contribution < 1.29 is 13.9 Å². The molecular formula is C14H14FNO2. The fourth-order valence-electron chi connectivity index (χ4n) is 1.78. The summed E-state index contributed by atoms with van der Waals surface area (Å²) in [6, 6.07) is 6.48. The van der Waals surface area contributed by atoms with E-state index in [1.807, 2.05) is 16.8 Å². The average molecular weight is 247 g/mol. The van der Waals surface area contributed by atoms with E-state index < -0.39 is 0 Å². The summed E-state index contributed by atoms with van der Waals surface area (Å²) < 4.78 is 19.7. The molecule has 0 aliphatic rings. The second-order valence-corrected chi connectivity index (χ2v) is 3.83. The van der Waals surface area contributed by atoms with Crippen molar-refractivity contribution in [2.75, 3.05) is 6.61 Å². The van der Waals surface area contributed by atoms with Crippen LogP contribution in [0.4, 0.5) is 4.39 Å². The van der Waals surface area contributed by atoms with Crippen LogP contribution in [0.5, 0.6) is 0 Å². The van der Waals surface area contributed by atoms with E-state index in [0.29, 0.717) is 13.2 Å². The predicted octanol–water partition coefficient (Wildman–Crippen LogP) is 2.90. The molecule has 0 saturated carbocycles. The van der Waals surface area contributed by atoms with Crippen molar-refractivity contribution in [3.8, 4) is 0 Å². The molecule has 0 unspecified atom stereocenters.